The summed E-state index contributed by atoms with van der Waals surface area (Å²) in [6, 6.07) is 19.8. The maximum Gasteiger partial charge on any atom is 0.337 e. The molecule has 0 aliphatic carbocycles. The molecule has 2 aromatic heterocycles. The minimum atomic E-state index is -0.567. The monoisotopic (exact) mass is 440 g/mol. The molecule has 0 aliphatic rings. The summed E-state index contributed by atoms with van der Waals surface area (Å²) < 4.78 is 6.63. The Morgan fingerprint density at radius 3 is 2.48 bits per heavy atom. The number of hydrogen-bond acceptors (Lipinski definition) is 6. The van der Waals surface area contributed by atoms with E-state index in [1.165, 1.54) is 25.3 Å². The molecule has 2 heterocycles. The number of anilines is 1. The average Bonchev–Trinajstić information content (AvgIpc) is 3.14. The number of para-hydroxylation sites is 3. The fourth-order valence-electron chi connectivity index (χ4n) is 3.92. The number of carbonyl (C=O) groups is 2. The molecule has 0 aliphatic heterocycles. The van der Waals surface area contributed by atoms with Crippen LogP contribution in [0.2, 0.25) is 0 Å². The summed E-state index contributed by atoms with van der Waals surface area (Å²) in [7, 11) is 1.26. The van der Waals surface area contributed by atoms with E-state index in [0.29, 0.717) is 12.2 Å². The van der Waals surface area contributed by atoms with Crippen molar-refractivity contribution in [2.24, 2.45) is 0 Å². The number of amides is 1. The molecular weight excluding hydrogens is 420 g/mol. The second-order valence-corrected chi connectivity index (χ2v) is 7.58. The largest absolute Gasteiger partial charge is 0.506 e. The third-order valence-corrected chi connectivity index (χ3v) is 5.51. The fraction of sp³-hybridized carbons (Fsp3) is 0.120. The van der Waals surface area contributed by atoms with Gasteiger partial charge < -0.3 is 19.7 Å². The van der Waals surface area contributed by atoms with Crippen LogP contribution in [0.1, 0.15) is 16.8 Å². The molecule has 1 amide bonds. The molecule has 0 unspecified atom stereocenters. The van der Waals surface area contributed by atoms with Gasteiger partial charge in [0.05, 0.1) is 34.9 Å². The van der Waals surface area contributed by atoms with E-state index in [-0.39, 0.29) is 29.3 Å². The third kappa shape index (κ3) is 3.71. The first-order chi connectivity index (χ1) is 16.0. The van der Waals surface area contributed by atoms with Crippen LogP contribution in [0.25, 0.3) is 33.1 Å². The van der Waals surface area contributed by atoms with Crippen LogP contribution in [-0.4, -0.2) is 38.6 Å². The Morgan fingerprint density at radius 2 is 1.73 bits per heavy atom. The van der Waals surface area contributed by atoms with Gasteiger partial charge in [0, 0.05) is 18.4 Å². The molecule has 33 heavy (non-hydrogen) atoms. The number of nitrogens with zero attached hydrogens (tertiary/aromatic N) is 3. The lowest BCUT2D eigenvalue weighted by atomic mass is 10.2. The number of ether oxygens (including phenoxy) is 1. The number of aryl methyl sites for hydroxylation is 1. The highest BCUT2D eigenvalue weighted by atomic mass is 16.5. The van der Waals surface area contributed by atoms with Crippen molar-refractivity contribution in [1.82, 2.24) is 14.5 Å². The Kier molecular flexibility index (Phi) is 5.10. The summed E-state index contributed by atoms with van der Waals surface area (Å²) >= 11 is 0. The Hall–Kier alpha value is -4.46. The second kappa shape index (κ2) is 8.23. The SMILES string of the molecule is COC(=O)c1ccc(NC(=O)CCn2c3ccccc3c3nc4ccccc4nc32)c(O)c1. The summed E-state index contributed by atoms with van der Waals surface area (Å²) in [5.41, 5.74) is 4.48. The van der Waals surface area contributed by atoms with Crippen molar-refractivity contribution >= 4 is 50.7 Å². The second-order valence-electron chi connectivity index (χ2n) is 7.58. The first-order valence-electron chi connectivity index (χ1n) is 10.4. The number of hydrogen-bond donors (Lipinski definition) is 2. The number of benzene rings is 3. The molecule has 0 saturated carbocycles. The summed E-state index contributed by atoms with van der Waals surface area (Å²) in [6.07, 6.45) is 0.153. The highest BCUT2D eigenvalue weighted by molar-refractivity contribution is 6.06. The van der Waals surface area contributed by atoms with Crippen molar-refractivity contribution in [2.75, 3.05) is 12.4 Å². The van der Waals surface area contributed by atoms with Gasteiger partial charge in [0.25, 0.3) is 0 Å². The topological polar surface area (TPSA) is 106 Å². The highest BCUT2D eigenvalue weighted by Gasteiger charge is 2.16. The van der Waals surface area contributed by atoms with Crippen LogP contribution in [-0.2, 0) is 16.1 Å². The van der Waals surface area contributed by atoms with Crippen molar-refractivity contribution in [3.8, 4) is 5.75 Å². The lowest BCUT2D eigenvalue weighted by Gasteiger charge is -2.10. The van der Waals surface area contributed by atoms with Gasteiger partial charge >= 0.3 is 5.97 Å². The number of carbonyl (C=O) groups excluding carboxylic acids is 2. The number of fused-ring (bicyclic) bond motifs is 4. The van der Waals surface area contributed by atoms with Crippen molar-refractivity contribution in [3.63, 3.8) is 0 Å². The molecule has 0 saturated heterocycles. The number of esters is 1. The number of phenolic OH excluding ortho intramolecular Hbond substituents is 1. The number of nitrogens with one attached hydrogen (secondary N) is 1. The molecule has 0 radical (unpaired) electrons. The van der Waals surface area contributed by atoms with Crippen LogP contribution in [0.3, 0.4) is 0 Å². The van der Waals surface area contributed by atoms with Gasteiger partial charge in [0.15, 0.2) is 5.65 Å². The van der Waals surface area contributed by atoms with Gasteiger partial charge in [-0.3, -0.25) is 4.79 Å². The minimum absolute atomic E-state index is 0.153. The van der Waals surface area contributed by atoms with E-state index < -0.39 is 5.97 Å². The molecular formula is C25H20N4O4. The molecule has 5 aromatic rings. The van der Waals surface area contributed by atoms with Gasteiger partial charge in [-0.25, -0.2) is 14.8 Å². The number of phenols is 1. The smallest absolute Gasteiger partial charge is 0.337 e. The molecule has 8 heteroatoms. The normalized spacial score (nSPS) is 11.2. The Balaban J connectivity index is 1.43. The van der Waals surface area contributed by atoms with E-state index in [0.717, 1.165) is 27.5 Å². The molecule has 0 atom stereocenters. The standard InChI is InChI=1S/C25H20N4O4/c1-33-25(32)15-10-11-19(21(30)14-15)26-22(31)12-13-29-20-9-5-2-6-16(20)23-24(29)28-18-8-4-3-7-17(18)27-23/h2-11,14,30H,12-13H2,1H3,(H,26,31). The summed E-state index contributed by atoms with van der Waals surface area (Å²) in [5, 5.41) is 13.8. The lowest BCUT2D eigenvalue weighted by molar-refractivity contribution is -0.116. The molecule has 2 N–H and O–H groups in total. The third-order valence-electron chi connectivity index (χ3n) is 5.51. The molecule has 0 fully saturated rings. The number of aromatic hydroxyl groups is 1. The zero-order valence-electron chi connectivity index (χ0n) is 17.8. The van der Waals surface area contributed by atoms with Gasteiger partial charge in [-0.1, -0.05) is 30.3 Å². The van der Waals surface area contributed by atoms with E-state index >= 15 is 0 Å². The summed E-state index contributed by atoms with van der Waals surface area (Å²) in [6.45, 7) is 0.379. The van der Waals surface area contributed by atoms with Crippen LogP contribution in [0, 0.1) is 0 Å². The van der Waals surface area contributed by atoms with Gasteiger partial charge in [-0.05, 0) is 36.4 Å². The molecule has 8 nitrogen and oxygen atoms in total. The van der Waals surface area contributed by atoms with Crippen molar-refractivity contribution in [2.45, 2.75) is 13.0 Å². The number of aromatic nitrogens is 3. The fourth-order valence-corrected chi connectivity index (χ4v) is 3.92. The van der Waals surface area contributed by atoms with Crippen LogP contribution in [0.15, 0.2) is 66.7 Å². The van der Waals surface area contributed by atoms with E-state index in [9.17, 15) is 14.7 Å². The Bertz CT molecular complexity index is 1540. The van der Waals surface area contributed by atoms with Gasteiger partial charge in [-0.15, -0.1) is 0 Å². The van der Waals surface area contributed by atoms with E-state index in [2.05, 4.69) is 10.1 Å². The van der Waals surface area contributed by atoms with Gasteiger partial charge in [0.2, 0.25) is 5.91 Å². The summed E-state index contributed by atoms with van der Waals surface area (Å²) in [4.78, 5) is 33.9. The predicted octanol–water partition coefficient (Wildman–Crippen LogP) is 4.26. The maximum absolute atomic E-state index is 12.7. The van der Waals surface area contributed by atoms with E-state index in [1.54, 1.807) is 0 Å². The van der Waals surface area contributed by atoms with Crippen molar-refractivity contribution in [3.05, 3.63) is 72.3 Å². The van der Waals surface area contributed by atoms with Crippen LogP contribution in [0.5, 0.6) is 5.75 Å². The molecule has 0 spiro atoms. The van der Waals surface area contributed by atoms with E-state index in [1.807, 2.05) is 53.1 Å². The van der Waals surface area contributed by atoms with Gasteiger partial charge in [0.1, 0.15) is 11.3 Å². The van der Waals surface area contributed by atoms with Crippen molar-refractivity contribution < 1.29 is 19.4 Å². The molecule has 0 bridgehead atoms. The number of rotatable bonds is 5. The zero-order chi connectivity index (χ0) is 22.9. The molecule has 5 rings (SSSR count). The number of methoxy groups -OCH3 is 1. The lowest BCUT2D eigenvalue weighted by Crippen LogP contribution is -2.15. The van der Waals surface area contributed by atoms with E-state index in [4.69, 9.17) is 9.97 Å². The predicted molar refractivity (Wildman–Crippen MR) is 125 cm³/mol. The quantitative estimate of drug-likeness (QED) is 0.312. The van der Waals surface area contributed by atoms with Crippen LogP contribution in [0.4, 0.5) is 5.69 Å². The Morgan fingerprint density at radius 1 is 1.00 bits per heavy atom. The Labute approximate surface area is 188 Å². The molecule has 3 aromatic carbocycles. The highest BCUT2D eigenvalue weighted by Crippen LogP contribution is 2.29. The van der Waals surface area contributed by atoms with Crippen LogP contribution >= 0.6 is 0 Å². The van der Waals surface area contributed by atoms with Crippen molar-refractivity contribution in [1.29, 1.82) is 0 Å². The summed E-state index contributed by atoms with van der Waals surface area (Å²) in [5.74, 6) is -1.06. The minimum Gasteiger partial charge on any atom is -0.506 e. The first kappa shape index (κ1) is 20.4. The zero-order valence-corrected chi connectivity index (χ0v) is 17.8. The van der Waals surface area contributed by atoms with Gasteiger partial charge in [-0.2, -0.15) is 0 Å². The average molecular weight is 440 g/mol. The maximum atomic E-state index is 12.7. The molecule has 164 valence electrons. The first-order valence-corrected chi connectivity index (χ1v) is 10.4. The van der Waals surface area contributed by atoms with Crippen LogP contribution < -0.4 is 5.32 Å².